The van der Waals surface area contributed by atoms with Crippen LogP contribution < -0.4 is 26.0 Å². The Morgan fingerprint density at radius 3 is 1.56 bits per heavy atom. The van der Waals surface area contributed by atoms with Gasteiger partial charge < -0.3 is 64.3 Å². The molecule has 0 radical (unpaired) electrons. The van der Waals surface area contributed by atoms with E-state index in [9.17, 15) is 33.9 Å². The fourth-order valence-corrected chi connectivity index (χ4v) is 5.37. The average Bonchev–Trinajstić information content (AvgIpc) is 3.29. The number of hydrogen-bond acceptors (Lipinski definition) is 20. The van der Waals surface area contributed by atoms with Gasteiger partial charge in [0.2, 0.25) is 5.60 Å². The summed E-state index contributed by atoms with van der Waals surface area (Å²) >= 11 is 3.99. The third-order valence-corrected chi connectivity index (χ3v) is 8.78. The molecule has 2 rings (SSSR count). The maximum atomic E-state index is 13.2. The van der Waals surface area contributed by atoms with Gasteiger partial charge in [-0.05, 0) is 37.2 Å². The zero-order valence-corrected chi connectivity index (χ0v) is 37.6. The van der Waals surface area contributed by atoms with Crippen LogP contribution in [0, 0.1) is 0 Å². The van der Waals surface area contributed by atoms with Gasteiger partial charge in [0.1, 0.15) is 45.4 Å². The van der Waals surface area contributed by atoms with Crippen LogP contribution in [0.4, 0.5) is 5.69 Å². The number of carbonyl (C=O) groups is 6. The first-order chi connectivity index (χ1) is 31.0. The predicted octanol–water partition coefficient (Wildman–Crippen LogP) is 2.35. The van der Waals surface area contributed by atoms with Gasteiger partial charge in [-0.25, -0.2) is 0 Å². The minimum absolute atomic E-state index is 0.0563. The van der Waals surface area contributed by atoms with Crippen LogP contribution >= 0.6 is 12.6 Å². The summed E-state index contributed by atoms with van der Waals surface area (Å²) in [6.07, 6.45) is -0.639. The summed E-state index contributed by atoms with van der Waals surface area (Å²) in [7, 11) is 0. The molecule has 2 aromatic rings. The molecule has 0 fully saturated rings. The molecule has 2 aromatic carbocycles. The summed E-state index contributed by atoms with van der Waals surface area (Å²) in [5.74, 6) is -2.55. The van der Waals surface area contributed by atoms with E-state index in [1.54, 1.807) is 6.92 Å². The molecule has 64 heavy (non-hydrogen) atoms. The second-order valence-electron chi connectivity index (χ2n) is 14.1. The normalized spacial score (nSPS) is 12.2. The van der Waals surface area contributed by atoms with E-state index in [4.69, 9.17) is 37.9 Å². The van der Waals surface area contributed by atoms with Crippen molar-refractivity contribution >= 4 is 54.1 Å². The number of thiol groups is 1. The Morgan fingerprint density at radius 2 is 1.03 bits per heavy atom. The second kappa shape index (κ2) is 35.4. The largest absolute Gasteiger partial charge is 0.491 e. The van der Waals surface area contributed by atoms with Crippen molar-refractivity contribution in [1.29, 1.82) is 0 Å². The molecule has 358 valence electrons. The number of carbonyl (C=O) groups excluding carboxylic acids is 6. The Balaban J connectivity index is 1.91. The van der Waals surface area contributed by atoms with Gasteiger partial charge in [0.15, 0.2) is 6.29 Å². The third-order valence-electron chi connectivity index (χ3n) is 8.60. The van der Waals surface area contributed by atoms with Gasteiger partial charge in [-0.1, -0.05) is 43.3 Å². The number of ether oxygens (including phenoxy) is 8. The zero-order valence-electron chi connectivity index (χ0n) is 36.7. The highest BCUT2D eigenvalue weighted by atomic mass is 32.1. The van der Waals surface area contributed by atoms with Gasteiger partial charge in [-0.3, -0.25) is 28.8 Å². The van der Waals surface area contributed by atoms with Crippen LogP contribution in [0.15, 0.2) is 60.7 Å². The van der Waals surface area contributed by atoms with Gasteiger partial charge >= 0.3 is 35.8 Å². The van der Waals surface area contributed by atoms with Crippen molar-refractivity contribution in [3.63, 3.8) is 0 Å². The molecule has 0 spiro atoms. The summed E-state index contributed by atoms with van der Waals surface area (Å²) in [5.41, 5.74) is -0.998. The maximum Gasteiger partial charge on any atom is 0.308 e. The lowest BCUT2D eigenvalue weighted by Gasteiger charge is -2.32. The molecule has 0 aliphatic rings. The molecule has 0 aromatic heterocycles. The van der Waals surface area contributed by atoms with Crippen molar-refractivity contribution < 1.29 is 71.8 Å². The first kappa shape index (κ1) is 55.1. The molecule has 5 N–H and O–H groups in total. The summed E-state index contributed by atoms with van der Waals surface area (Å²) < 4.78 is 43.3. The molecule has 0 aliphatic carbocycles. The average molecular weight is 923 g/mol. The fourth-order valence-electron chi connectivity index (χ4n) is 5.28. The topological polar surface area (TPSA) is 245 Å². The maximum absolute atomic E-state index is 13.2. The van der Waals surface area contributed by atoms with Crippen molar-refractivity contribution in [2.75, 3.05) is 103 Å². The lowest BCUT2D eigenvalue weighted by Crippen LogP contribution is -2.50. The number of hydrogen-bond donors (Lipinski definition) is 6. The molecule has 0 bridgehead atoms. The van der Waals surface area contributed by atoms with Gasteiger partial charge in [-0.15, -0.1) is 0 Å². The van der Waals surface area contributed by atoms with E-state index >= 15 is 0 Å². The van der Waals surface area contributed by atoms with Crippen molar-refractivity contribution in [3.05, 3.63) is 60.7 Å². The monoisotopic (exact) mass is 922 g/mol. The molecule has 0 saturated heterocycles. The van der Waals surface area contributed by atoms with E-state index in [1.807, 2.05) is 60.7 Å². The molecule has 2 unspecified atom stereocenters. The van der Waals surface area contributed by atoms with E-state index in [-0.39, 0.29) is 111 Å². The quantitative estimate of drug-likeness (QED) is 0.0186. The molecule has 0 aliphatic heterocycles. The number of nitrogens with one attached hydrogen (secondary N) is 4. The number of benzene rings is 2. The van der Waals surface area contributed by atoms with E-state index in [2.05, 4.69) is 33.9 Å². The first-order valence-corrected chi connectivity index (χ1v) is 22.2. The number of anilines is 1. The van der Waals surface area contributed by atoms with Crippen LogP contribution in [0.1, 0.15) is 58.3 Å². The standard InChI is InChI=1S/C44H66N4O15S/c1-2-9-37(49)60-32-44(34-62-42(54)18-24-46-22-16-40(52)59-30-31-64,63-43(55)19-25-47-21-15-39(51)58-29-28-56-36-12-7-4-8-13-36)33-61-41(53)17-23-45-20-14-38(50)57-27-26-48-35-10-5-3-6-11-35/h3-8,10-13,39,45-48,51,64H,2,9,14-34H2,1H3. The zero-order chi connectivity index (χ0) is 46.5. The third kappa shape index (κ3) is 28.6. The van der Waals surface area contributed by atoms with Crippen LogP contribution in [0.3, 0.4) is 0 Å². The van der Waals surface area contributed by atoms with Gasteiger partial charge in [0.05, 0.1) is 38.7 Å². The molecule has 0 heterocycles. The highest BCUT2D eigenvalue weighted by molar-refractivity contribution is 7.80. The predicted molar refractivity (Wildman–Crippen MR) is 238 cm³/mol. The van der Waals surface area contributed by atoms with Gasteiger partial charge in [0, 0.05) is 63.6 Å². The number of para-hydroxylation sites is 2. The van der Waals surface area contributed by atoms with Crippen LogP contribution in [0.25, 0.3) is 0 Å². The highest BCUT2D eigenvalue weighted by Crippen LogP contribution is 2.18. The van der Waals surface area contributed by atoms with E-state index in [0.29, 0.717) is 24.5 Å². The fraction of sp³-hybridized carbons (Fsp3) is 0.591. The van der Waals surface area contributed by atoms with Crippen LogP contribution in [-0.2, 0) is 61.9 Å². The number of aliphatic hydroxyl groups is 1. The number of rotatable bonds is 38. The molecular formula is C44H66N4O15S. The van der Waals surface area contributed by atoms with Gasteiger partial charge in [-0.2, -0.15) is 12.6 Å². The molecule has 0 saturated carbocycles. The van der Waals surface area contributed by atoms with E-state index in [0.717, 1.165) is 5.69 Å². The van der Waals surface area contributed by atoms with Crippen LogP contribution in [-0.4, -0.2) is 151 Å². The van der Waals surface area contributed by atoms with Crippen molar-refractivity contribution in [3.8, 4) is 5.75 Å². The SMILES string of the molecule is CCCC(=O)OCC(COC(=O)CCNCCC(=O)OCCS)(COC(=O)CCNCCC(=O)OCCNc1ccccc1)OC(=O)CCNCCC(O)OCCOc1ccccc1. The Kier molecular flexibility index (Phi) is 30.5. The summed E-state index contributed by atoms with van der Waals surface area (Å²) in [6, 6.07) is 18.7. The molecule has 19 nitrogen and oxygen atoms in total. The second-order valence-corrected chi connectivity index (χ2v) is 14.6. The number of aliphatic hydroxyl groups excluding tert-OH is 1. The Labute approximate surface area is 380 Å². The Morgan fingerprint density at radius 1 is 0.562 bits per heavy atom. The van der Waals surface area contributed by atoms with Crippen molar-refractivity contribution in [2.24, 2.45) is 0 Å². The van der Waals surface area contributed by atoms with E-state index < -0.39 is 67.5 Å². The van der Waals surface area contributed by atoms with Gasteiger partial charge in [0.25, 0.3) is 0 Å². The summed E-state index contributed by atoms with van der Waals surface area (Å²) in [5, 5.41) is 22.3. The molecular weight excluding hydrogens is 857 g/mol. The Bertz CT molecular complexity index is 1610. The Hall–Kier alpha value is -4.99. The smallest absolute Gasteiger partial charge is 0.308 e. The van der Waals surface area contributed by atoms with Crippen LogP contribution in [0.5, 0.6) is 5.75 Å². The molecule has 20 heteroatoms. The van der Waals surface area contributed by atoms with Crippen LogP contribution in [0.2, 0.25) is 0 Å². The van der Waals surface area contributed by atoms with E-state index in [1.165, 1.54) is 0 Å². The first-order valence-electron chi connectivity index (χ1n) is 21.5. The minimum Gasteiger partial charge on any atom is -0.491 e. The van der Waals surface area contributed by atoms with Crippen molar-refractivity contribution in [2.45, 2.75) is 70.2 Å². The minimum atomic E-state index is -1.91. The number of esters is 6. The molecule has 0 amide bonds. The van der Waals surface area contributed by atoms with Crippen molar-refractivity contribution in [1.82, 2.24) is 16.0 Å². The summed E-state index contributed by atoms with van der Waals surface area (Å²) in [4.78, 5) is 75.3. The lowest BCUT2D eigenvalue weighted by molar-refractivity contribution is -0.196. The molecule has 2 atom stereocenters. The lowest BCUT2D eigenvalue weighted by atomic mass is 10.1. The summed E-state index contributed by atoms with van der Waals surface area (Å²) in [6.45, 7) is 2.36. The highest BCUT2D eigenvalue weighted by Gasteiger charge is 2.40.